The molecular formula is C19H23NO2. The van der Waals surface area contributed by atoms with Gasteiger partial charge in [0.15, 0.2) is 0 Å². The molecule has 1 atom stereocenters. The maximum absolute atomic E-state index is 12.2. The van der Waals surface area contributed by atoms with Crippen LogP contribution in [0, 0.1) is 0 Å². The fourth-order valence-electron chi connectivity index (χ4n) is 2.14. The third kappa shape index (κ3) is 4.62. The van der Waals surface area contributed by atoms with Crippen molar-refractivity contribution in [3.63, 3.8) is 0 Å². The van der Waals surface area contributed by atoms with Crippen LogP contribution in [0.3, 0.4) is 0 Å². The summed E-state index contributed by atoms with van der Waals surface area (Å²) in [6.45, 7) is 4.83. The Hall–Kier alpha value is -2.29. The van der Waals surface area contributed by atoms with Crippen LogP contribution in [0.4, 0.5) is 0 Å². The van der Waals surface area contributed by atoms with Gasteiger partial charge < -0.3 is 10.1 Å². The quantitative estimate of drug-likeness (QED) is 0.771. The zero-order valence-corrected chi connectivity index (χ0v) is 13.2. The second-order valence-corrected chi connectivity index (χ2v) is 5.33. The van der Waals surface area contributed by atoms with E-state index < -0.39 is 0 Å². The van der Waals surface area contributed by atoms with Crippen LogP contribution in [0.25, 0.3) is 0 Å². The minimum absolute atomic E-state index is 0.0193. The molecule has 0 spiro atoms. The summed E-state index contributed by atoms with van der Waals surface area (Å²) in [5.74, 6) is 0.734. The molecule has 2 aromatic rings. The first-order valence-corrected chi connectivity index (χ1v) is 7.79. The molecule has 0 aromatic heterocycles. The molecule has 0 bridgehead atoms. The molecular weight excluding hydrogens is 274 g/mol. The number of ether oxygens (including phenoxy) is 1. The van der Waals surface area contributed by atoms with Crippen molar-refractivity contribution in [3.05, 3.63) is 65.7 Å². The summed E-state index contributed by atoms with van der Waals surface area (Å²) in [5, 5.41) is 3.00. The molecule has 1 N–H and O–H groups in total. The van der Waals surface area contributed by atoms with Gasteiger partial charge in [0.25, 0.3) is 5.91 Å². The smallest absolute Gasteiger partial charge is 0.251 e. The van der Waals surface area contributed by atoms with Gasteiger partial charge in [0.1, 0.15) is 5.75 Å². The number of carbonyl (C=O) groups excluding carboxylic acids is 1. The summed E-state index contributed by atoms with van der Waals surface area (Å²) < 4.78 is 5.60. The molecule has 0 saturated carbocycles. The Bertz CT molecular complexity index is 578. The number of hydrogen-bond donors (Lipinski definition) is 1. The highest BCUT2D eigenvalue weighted by atomic mass is 16.5. The van der Waals surface area contributed by atoms with E-state index in [-0.39, 0.29) is 11.9 Å². The highest BCUT2D eigenvalue weighted by Crippen LogP contribution is 2.15. The lowest BCUT2D eigenvalue weighted by Gasteiger charge is -2.14. The maximum atomic E-state index is 12.2. The van der Waals surface area contributed by atoms with E-state index in [2.05, 4.69) is 12.2 Å². The highest BCUT2D eigenvalue weighted by molar-refractivity contribution is 5.94. The summed E-state index contributed by atoms with van der Waals surface area (Å²) in [6.07, 6.45) is 2.15. The van der Waals surface area contributed by atoms with Gasteiger partial charge in [-0.3, -0.25) is 4.79 Å². The molecule has 116 valence electrons. The Morgan fingerprint density at radius 2 is 1.77 bits per heavy atom. The van der Waals surface area contributed by atoms with Crippen molar-refractivity contribution in [2.75, 3.05) is 6.61 Å². The molecule has 0 heterocycles. The zero-order chi connectivity index (χ0) is 15.8. The molecule has 0 aliphatic heterocycles. The number of benzene rings is 2. The van der Waals surface area contributed by atoms with Gasteiger partial charge in [-0.15, -0.1) is 0 Å². The monoisotopic (exact) mass is 297 g/mol. The van der Waals surface area contributed by atoms with Crippen molar-refractivity contribution in [2.45, 2.75) is 32.7 Å². The van der Waals surface area contributed by atoms with Crippen LogP contribution >= 0.6 is 0 Å². The molecule has 0 aliphatic rings. The largest absolute Gasteiger partial charge is 0.494 e. The van der Waals surface area contributed by atoms with Gasteiger partial charge in [-0.2, -0.15) is 0 Å². The minimum Gasteiger partial charge on any atom is -0.494 e. The lowest BCUT2D eigenvalue weighted by Crippen LogP contribution is -2.26. The average Bonchev–Trinajstić information content (AvgIpc) is 2.56. The van der Waals surface area contributed by atoms with E-state index in [1.165, 1.54) is 0 Å². The average molecular weight is 297 g/mol. The Morgan fingerprint density at radius 1 is 1.09 bits per heavy atom. The number of hydrogen-bond acceptors (Lipinski definition) is 2. The first kappa shape index (κ1) is 16.1. The first-order valence-electron chi connectivity index (χ1n) is 7.79. The highest BCUT2D eigenvalue weighted by Gasteiger charge is 2.11. The van der Waals surface area contributed by atoms with E-state index in [0.29, 0.717) is 12.2 Å². The summed E-state index contributed by atoms with van der Waals surface area (Å²) in [5.41, 5.74) is 1.74. The van der Waals surface area contributed by atoms with E-state index in [1.54, 1.807) is 12.1 Å². The third-order valence-corrected chi connectivity index (χ3v) is 3.53. The fraction of sp³-hybridized carbons (Fsp3) is 0.316. The second kappa shape index (κ2) is 8.23. The Morgan fingerprint density at radius 3 is 2.41 bits per heavy atom. The number of unbranched alkanes of at least 4 members (excludes halogenated alkanes) is 1. The zero-order valence-electron chi connectivity index (χ0n) is 13.2. The molecule has 2 rings (SSSR count). The van der Waals surface area contributed by atoms with Crippen LogP contribution in [0.2, 0.25) is 0 Å². The number of amides is 1. The second-order valence-electron chi connectivity index (χ2n) is 5.33. The Balaban J connectivity index is 1.92. The van der Waals surface area contributed by atoms with Gasteiger partial charge in [0.05, 0.1) is 12.6 Å². The molecule has 22 heavy (non-hydrogen) atoms. The van der Waals surface area contributed by atoms with Crippen LogP contribution in [0.15, 0.2) is 54.6 Å². The van der Waals surface area contributed by atoms with Crippen molar-refractivity contribution in [3.8, 4) is 5.75 Å². The number of nitrogens with one attached hydrogen (secondary N) is 1. The van der Waals surface area contributed by atoms with E-state index in [1.807, 2.05) is 49.4 Å². The van der Waals surface area contributed by atoms with Crippen molar-refractivity contribution < 1.29 is 9.53 Å². The summed E-state index contributed by atoms with van der Waals surface area (Å²) >= 11 is 0. The normalized spacial score (nSPS) is 11.7. The molecule has 0 saturated heterocycles. The van der Waals surface area contributed by atoms with E-state index in [0.717, 1.165) is 24.2 Å². The lowest BCUT2D eigenvalue weighted by molar-refractivity contribution is 0.0940. The SMILES string of the molecule is CCCCOc1ccc(C(=O)N[C@@H](C)c2ccccc2)cc1. The minimum atomic E-state index is -0.0727. The Kier molecular flexibility index (Phi) is 6.01. The third-order valence-electron chi connectivity index (χ3n) is 3.53. The van der Waals surface area contributed by atoms with E-state index in [4.69, 9.17) is 4.74 Å². The van der Waals surface area contributed by atoms with Gasteiger partial charge in [-0.25, -0.2) is 0 Å². The van der Waals surface area contributed by atoms with E-state index in [9.17, 15) is 4.79 Å². The van der Waals surface area contributed by atoms with Crippen LogP contribution in [-0.2, 0) is 0 Å². The standard InChI is InChI=1S/C19H23NO2/c1-3-4-14-22-18-12-10-17(11-13-18)19(21)20-15(2)16-8-6-5-7-9-16/h5-13,15H,3-4,14H2,1-2H3,(H,20,21)/t15-/m0/s1. The molecule has 0 aliphatic carbocycles. The van der Waals surface area contributed by atoms with Crippen LogP contribution in [0.1, 0.15) is 48.7 Å². The number of rotatable bonds is 7. The van der Waals surface area contributed by atoms with Crippen LogP contribution < -0.4 is 10.1 Å². The molecule has 0 unspecified atom stereocenters. The van der Waals surface area contributed by atoms with Crippen LogP contribution in [0.5, 0.6) is 5.75 Å². The van der Waals surface area contributed by atoms with Gasteiger partial charge >= 0.3 is 0 Å². The first-order chi connectivity index (χ1) is 10.7. The van der Waals surface area contributed by atoms with Gasteiger partial charge in [0.2, 0.25) is 0 Å². The molecule has 1 amide bonds. The van der Waals surface area contributed by atoms with E-state index >= 15 is 0 Å². The molecule has 3 heteroatoms. The summed E-state index contributed by atoms with van der Waals surface area (Å²) in [4.78, 5) is 12.2. The fourth-order valence-corrected chi connectivity index (χ4v) is 2.14. The van der Waals surface area contributed by atoms with Gasteiger partial charge in [-0.05, 0) is 43.2 Å². The molecule has 3 nitrogen and oxygen atoms in total. The van der Waals surface area contributed by atoms with Crippen molar-refractivity contribution in [2.24, 2.45) is 0 Å². The Labute approximate surface area is 132 Å². The summed E-state index contributed by atoms with van der Waals surface area (Å²) in [6, 6.07) is 17.2. The lowest BCUT2D eigenvalue weighted by atomic mass is 10.1. The number of carbonyl (C=O) groups is 1. The van der Waals surface area contributed by atoms with Crippen LogP contribution in [-0.4, -0.2) is 12.5 Å². The van der Waals surface area contributed by atoms with Crippen molar-refractivity contribution in [1.82, 2.24) is 5.32 Å². The van der Waals surface area contributed by atoms with Crippen molar-refractivity contribution in [1.29, 1.82) is 0 Å². The topological polar surface area (TPSA) is 38.3 Å². The molecule has 0 fully saturated rings. The molecule has 2 aromatic carbocycles. The van der Waals surface area contributed by atoms with Crippen molar-refractivity contribution >= 4 is 5.91 Å². The predicted octanol–water partition coefficient (Wildman–Crippen LogP) is 4.36. The predicted molar refractivity (Wildman–Crippen MR) is 89.2 cm³/mol. The van der Waals surface area contributed by atoms with Gasteiger partial charge in [0, 0.05) is 5.56 Å². The summed E-state index contributed by atoms with van der Waals surface area (Å²) in [7, 11) is 0. The maximum Gasteiger partial charge on any atom is 0.251 e. The van der Waals surface area contributed by atoms with Gasteiger partial charge in [-0.1, -0.05) is 43.7 Å². The molecule has 0 radical (unpaired) electrons.